The number of hydrogen-bond acceptors (Lipinski definition) is 4. The Labute approximate surface area is 144 Å². The van der Waals surface area contributed by atoms with E-state index in [0.717, 1.165) is 11.0 Å². The van der Waals surface area contributed by atoms with Crippen LogP contribution in [0.4, 0.5) is 4.79 Å². The standard InChI is InChI=1S/C17H19N5O3/c23-15-9-18-17(25)22(15)12-5-7-20(8-6-12)16(24)10-21-11-19-13-3-1-2-4-14(13)21/h1-4,11-12H,5-10H2,(H,18,25). The number of urea groups is 1. The van der Waals surface area contributed by atoms with Gasteiger partial charge in [0.2, 0.25) is 11.8 Å². The molecule has 2 aliphatic heterocycles. The fourth-order valence-corrected chi connectivity index (χ4v) is 3.56. The molecule has 0 unspecified atom stereocenters. The van der Waals surface area contributed by atoms with Gasteiger partial charge in [-0.15, -0.1) is 0 Å². The van der Waals surface area contributed by atoms with Crippen LogP contribution in [-0.4, -0.2) is 62.9 Å². The van der Waals surface area contributed by atoms with Crippen LogP contribution in [-0.2, 0) is 16.1 Å². The monoisotopic (exact) mass is 341 g/mol. The molecule has 4 amide bonds. The number of amides is 4. The van der Waals surface area contributed by atoms with Crippen molar-refractivity contribution in [3.63, 3.8) is 0 Å². The molecule has 0 saturated carbocycles. The van der Waals surface area contributed by atoms with Crippen LogP contribution < -0.4 is 5.32 Å². The van der Waals surface area contributed by atoms with Crippen molar-refractivity contribution in [1.82, 2.24) is 24.7 Å². The van der Waals surface area contributed by atoms with Gasteiger partial charge in [0, 0.05) is 19.1 Å². The van der Waals surface area contributed by atoms with Gasteiger partial charge in [0.15, 0.2) is 0 Å². The molecule has 0 atom stereocenters. The van der Waals surface area contributed by atoms with Crippen molar-refractivity contribution in [1.29, 1.82) is 0 Å². The highest BCUT2D eigenvalue weighted by Gasteiger charge is 2.37. The molecule has 1 aromatic carbocycles. The number of para-hydroxylation sites is 2. The topological polar surface area (TPSA) is 87.5 Å². The van der Waals surface area contributed by atoms with E-state index in [1.165, 1.54) is 4.90 Å². The SMILES string of the molecule is O=C(Cn1cnc2ccccc21)N1CCC(N2C(=O)CNC2=O)CC1. The zero-order valence-electron chi connectivity index (χ0n) is 13.7. The van der Waals surface area contributed by atoms with E-state index in [9.17, 15) is 14.4 Å². The van der Waals surface area contributed by atoms with Crippen molar-refractivity contribution in [3.8, 4) is 0 Å². The fourth-order valence-electron chi connectivity index (χ4n) is 3.56. The summed E-state index contributed by atoms with van der Waals surface area (Å²) in [5.41, 5.74) is 1.80. The lowest BCUT2D eigenvalue weighted by Crippen LogP contribution is -2.49. The second-order valence-corrected chi connectivity index (χ2v) is 6.40. The molecule has 4 rings (SSSR count). The number of aromatic nitrogens is 2. The van der Waals surface area contributed by atoms with Gasteiger partial charge in [0.25, 0.3) is 0 Å². The van der Waals surface area contributed by atoms with Crippen molar-refractivity contribution < 1.29 is 14.4 Å². The molecule has 8 nitrogen and oxygen atoms in total. The number of piperidine rings is 1. The molecule has 1 N–H and O–H groups in total. The van der Waals surface area contributed by atoms with Gasteiger partial charge in [-0.1, -0.05) is 12.1 Å². The Balaban J connectivity index is 1.38. The normalized spacial score (nSPS) is 18.9. The second kappa shape index (κ2) is 6.19. The molecule has 130 valence electrons. The number of carbonyl (C=O) groups excluding carboxylic acids is 3. The summed E-state index contributed by atoms with van der Waals surface area (Å²) >= 11 is 0. The molecule has 3 heterocycles. The first-order valence-corrected chi connectivity index (χ1v) is 8.41. The molecule has 1 aromatic heterocycles. The van der Waals surface area contributed by atoms with E-state index in [1.54, 1.807) is 11.2 Å². The van der Waals surface area contributed by atoms with Crippen LogP contribution in [0.25, 0.3) is 11.0 Å². The van der Waals surface area contributed by atoms with Crippen LogP contribution in [0.2, 0.25) is 0 Å². The number of carbonyl (C=O) groups is 3. The highest BCUT2D eigenvalue weighted by atomic mass is 16.2. The molecular formula is C17H19N5O3. The van der Waals surface area contributed by atoms with Crippen LogP contribution in [0.5, 0.6) is 0 Å². The number of likely N-dealkylation sites (tertiary alicyclic amines) is 1. The van der Waals surface area contributed by atoms with E-state index in [2.05, 4.69) is 10.3 Å². The lowest BCUT2D eigenvalue weighted by molar-refractivity contribution is -0.133. The van der Waals surface area contributed by atoms with Crippen molar-refractivity contribution in [3.05, 3.63) is 30.6 Å². The largest absolute Gasteiger partial charge is 0.341 e. The number of hydrogen-bond donors (Lipinski definition) is 1. The Bertz CT molecular complexity index is 822. The number of imide groups is 1. The van der Waals surface area contributed by atoms with Gasteiger partial charge in [0.05, 0.1) is 23.9 Å². The molecule has 8 heteroatoms. The third kappa shape index (κ3) is 2.84. The van der Waals surface area contributed by atoms with E-state index in [4.69, 9.17) is 0 Å². The second-order valence-electron chi connectivity index (χ2n) is 6.40. The van der Waals surface area contributed by atoms with Gasteiger partial charge in [-0.2, -0.15) is 0 Å². The lowest BCUT2D eigenvalue weighted by atomic mass is 10.0. The maximum atomic E-state index is 12.6. The summed E-state index contributed by atoms with van der Waals surface area (Å²) in [7, 11) is 0. The first kappa shape index (κ1) is 15.6. The highest BCUT2D eigenvalue weighted by Crippen LogP contribution is 2.20. The van der Waals surface area contributed by atoms with Crippen molar-refractivity contribution >= 4 is 28.9 Å². The van der Waals surface area contributed by atoms with Crippen molar-refractivity contribution in [2.75, 3.05) is 19.6 Å². The van der Waals surface area contributed by atoms with Crippen molar-refractivity contribution in [2.24, 2.45) is 0 Å². The van der Waals surface area contributed by atoms with E-state index in [-0.39, 0.29) is 37.0 Å². The Kier molecular flexibility index (Phi) is 3.87. The first-order valence-electron chi connectivity index (χ1n) is 8.41. The van der Waals surface area contributed by atoms with Gasteiger partial charge in [0.1, 0.15) is 6.54 Å². The molecule has 0 radical (unpaired) electrons. The quantitative estimate of drug-likeness (QED) is 0.827. The number of imidazole rings is 1. The molecule has 2 aliphatic rings. The van der Waals surface area contributed by atoms with E-state index < -0.39 is 0 Å². The lowest BCUT2D eigenvalue weighted by Gasteiger charge is -2.35. The van der Waals surface area contributed by atoms with Gasteiger partial charge in [-0.3, -0.25) is 14.5 Å². The zero-order chi connectivity index (χ0) is 17.4. The molecule has 25 heavy (non-hydrogen) atoms. The van der Waals surface area contributed by atoms with Crippen molar-refractivity contribution in [2.45, 2.75) is 25.4 Å². The number of fused-ring (bicyclic) bond motifs is 1. The number of rotatable bonds is 3. The number of nitrogens with zero attached hydrogens (tertiary/aromatic N) is 4. The summed E-state index contributed by atoms with van der Waals surface area (Å²) in [4.78, 5) is 43.5. The first-order chi connectivity index (χ1) is 12.1. The van der Waals surface area contributed by atoms with Gasteiger partial charge < -0.3 is 14.8 Å². The Hall–Kier alpha value is -2.90. The molecule has 0 bridgehead atoms. The van der Waals surface area contributed by atoms with E-state index in [0.29, 0.717) is 25.9 Å². The Morgan fingerprint density at radius 2 is 1.96 bits per heavy atom. The minimum Gasteiger partial charge on any atom is -0.341 e. The molecule has 0 spiro atoms. The highest BCUT2D eigenvalue weighted by molar-refractivity contribution is 6.02. The minimum absolute atomic E-state index is 0.0267. The summed E-state index contributed by atoms with van der Waals surface area (Å²) in [6.07, 6.45) is 2.92. The van der Waals surface area contributed by atoms with Gasteiger partial charge in [-0.25, -0.2) is 9.78 Å². The third-order valence-corrected chi connectivity index (χ3v) is 4.89. The van der Waals surface area contributed by atoms with Crippen LogP contribution in [0.3, 0.4) is 0 Å². The van der Waals surface area contributed by atoms with Gasteiger partial charge in [-0.05, 0) is 25.0 Å². The maximum absolute atomic E-state index is 12.6. The Morgan fingerprint density at radius 3 is 2.68 bits per heavy atom. The van der Waals surface area contributed by atoms with Crippen LogP contribution in [0.1, 0.15) is 12.8 Å². The number of benzene rings is 1. The predicted octanol–water partition coefficient (Wildman–Crippen LogP) is 0.579. The summed E-state index contributed by atoms with van der Waals surface area (Å²) in [6, 6.07) is 7.27. The number of nitrogens with one attached hydrogen (secondary N) is 1. The van der Waals surface area contributed by atoms with E-state index >= 15 is 0 Å². The van der Waals surface area contributed by atoms with E-state index in [1.807, 2.05) is 28.8 Å². The Morgan fingerprint density at radius 1 is 1.20 bits per heavy atom. The van der Waals surface area contributed by atoms with Crippen LogP contribution >= 0.6 is 0 Å². The summed E-state index contributed by atoms with van der Waals surface area (Å²) in [6.45, 7) is 1.42. The van der Waals surface area contributed by atoms with Crippen LogP contribution in [0.15, 0.2) is 30.6 Å². The predicted molar refractivity (Wildman–Crippen MR) is 89.6 cm³/mol. The average Bonchev–Trinajstić information content (AvgIpc) is 3.19. The summed E-state index contributed by atoms with van der Waals surface area (Å²) in [5.74, 6) is -0.154. The average molecular weight is 341 g/mol. The third-order valence-electron chi connectivity index (χ3n) is 4.89. The maximum Gasteiger partial charge on any atom is 0.324 e. The minimum atomic E-state index is -0.320. The smallest absolute Gasteiger partial charge is 0.324 e. The zero-order valence-corrected chi connectivity index (χ0v) is 13.7. The molecule has 2 saturated heterocycles. The summed E-state index contributed by atoms with van der Waals surface area (Å²) < 4.78 is 1.85. The fraction of sp³-hybridized carbons (Fsp3) is 0.412. The molecule has 0 aliphatic carbocycles. The van der Waals surface area contributed by atoms with Crippen LogP contribution in [0, 0.1) is 0 Å². The molecular weight excluding hydrogens is 322 g/mol. The molecule has 2 aromatic rings. The van der Waals surface area contributed by atoms with Gasteiger partial charge >= 0.3 is 6.03 Å². The summed E-state index contributed by atoms with van der Waals surface area (Å²) in [5, 5.41) is 2.54. The molecule has 2 fully saturated rings.